The van der Waals surface area contributed by atoms with Gasteiger partial charge in [0.25, 0.3) is 0 Å². The molecule has 0 fully saturated rings. The Hall–Kier alpha value is -3.19. The lowest BCUT2D eigenvalue weighted by Gasteiger charge is -2.07. The number of carbonyl (C=O) groups excluding carboxylic acids is 1. The van der Waals surface area contributed by atoms with Crippen molar-refractivity contribution in [1.82, 2.24) is 0 Å². The Morgan fingerprint density at radius 2 is 1.33 bits per heavy atom. The summed E-state index contributed by atoms with van der Waals surface area (Å²) in [6.07, 6.45) is 4.10. The van der Waals surface area contributed by atoms with E-state index in [9.17, 15) is 4.79 Å². The molecule has 0 radical (unpaired) electrons. The summed E-state index contributed by atoms with van der Waals surface area (Å²) in [4.78, 5) is 13.0. The molecule has 0 heterocycles. The minimum Gasteiger partial charge on any atom is -0.289 e. The highest BCUT2D eigenvalue weighted by molar-refractivity contribution is 6.26. The lowest BCUT2D eigenvalue weighted by atomic mass is 9.95. The van der Waals surface area contributed by atoms with Gasteiger partial charge in [0, 0.05) is 11.1 Å². The highest BCUT2D eigenvalue weighted by Crippen LogP contribution is 2.38. The second-order valence-electron chi connectivity index (χ2n) is 5.81. The van der Waals surface area contributed by atoms with Crippen molar-refractivity contribution in [3.63, 3.8) is 0 Å². The van der Waals surface area contributed by atoms with Crippen molar-refractivity contribution in [2.75, 3.05) is 0 Å². The first kappa shape index (κ1) is 14.4. The largest absolute Gasteiger partial charge is 0.289 e. The quantitative estimate of drug-likeness (QED) is 0.583. The average molecular weight is 308 g/mol. The summed E-state index contributed by atoms with van der Waals surface area (Å²) < 4.78 is 0. The van der Waals surface area contributed by atoms with Gasteiger partial charge in [0.2, 0.25) is 0 Å². The number of rotatable bonds is 3. The van der Waals surface area contributed by atoms with E-state index in [-0.39, 0.29) is 5.78 Å². The van der Waals surface area contributed by atoms with Crippen molar-refractivity contribution < 1.29 is 4.79 Å². The number of Topliss-reactive ketones (excluding diaryl/α,β-unsaturated/α-hetero) is 1. The fourth-order valence-electron chi connectivity index (χ4n) is 3.05. The van der Waals surface area contributed by atoms with Crippen LogP contribution < -0.4 is 0 Å². The number of hydrogen-bond acceptors (Lipinski definition) is 1. The van der Waals surface area contributed by atoms with Gasteiger partial charge in [-0.1, -0.05) is 84.9 Å². The van der Waals surface area contributed by atoms with Crippen molar-refractivity contribution in [1.29, 1.82) is 0 Å². The Morgan fingerprint density at radius 1 is 0.708 bits per heavy atom. The molecule has 1 nitrogen and oxygen atoms in total. The highest BCUT2D eigenvalue weighted by Gasteiger charge is 2.24. The van der Waals surface area contributed by atoms with Crippen LogP contribution in [0.3, 0.4) is 0 Å². The fraction of sp³-hybridized carbons (Fsp3) is 0. The predicted molar refractivity (Wildman–Crippen MR) is 99.5 cm³/mol. The number of fused-ring (bicyclic) bond motifs is 1. The maximum absolute atomic E-state index is 13.0. The second kappa shape index (κ2) is 6.13. The number of carbonyl (C=O) groups is 1. The average Bonchev–Trinajstić information content (AvgIpc) is 3.01. The van der Waals surface area contributed by atoms with Gasteiger partial charge in [0.15, 0.2) is 5.78 Å². The molecule has 0 unspecified atom stereocenters. The fourth-order valence-corrected chi connectivity index (χ4v) is 3.05. The van der Waals surface area contributed by atoms with Gasteiger partial charge in [-0.25, -0.2) is 0 Å². The van der Waals surface area contributed by atoms with Gasteiger partial charge >= 0.3 is 0 Å². The van der Waals surface area contributed by atoms with Crippen LogP contribution in [0.1, 0.15) is 27.0 Å². The maximum Gasteiger partial charge on any atom is 0.193 e. The van der Waals surface area contributed by atoms with Gasteiger partial charge < -0.3 is 0 Å². The van der Waals surface area contributed by atoms with E-state index >= 15 is 0 Å². The predicted octanol–water partition coefficient (Wildman–Crippen LogP) is 5.51. The molecule has 4 rings (SSSR count). The topological polar surface area (TPSA) is 17.1 Å². The molecule has 0 saturated heterocycles. The molecule has 1 aliphatic carbocycles. The first-order valence-electron chi connectivity index (χ1n) is 8.01. The Morgan fingerprint density at radius 3 is 2.08 bits per heavy atom. The molecule has 0 amide bonds. The smallest absolute Gasteiger partial charge is 0.193 e. The van der Waals surface area contributed by atoms with Gasteiger partial charge in [0.05, 0.1) is 0 Å². The Kier molecular flexibility index (Phi) is 3.68. The van der Waals surface area contributed by atoms with Crippen molar-refractivity contribution in [3.05, 3.63) is 113 Å². The van der Waals surface area contributed by atoms with E-state index in [1.54, 1.807) is 0 Å². The van der Waals surface area contributed by atoms with Gasteiger partial charge in [-0.2, -0.15) is 0 Å². The summed E-state index contributed by atoms with van der Waals surface area (Å²) in [7, 11) is 0. The number of benzene rings is 3. The standard InChI is InChI=1S/C23H16O/c24-23(18-11-5-2-6-12-18)22-16-19-13-7-8-14-20(19)21(22)15-17-9-3-1-4-10-17/h1-16H. The van der Waals surface area contributed by atoms with Crippen LogP contribution in [0, 0.1) is 0 Å². The molecule has 1 heteroatoms. The molecule has 114 valence electrons. The van der Waals surface area contributed by atoms with Crippen LogP contribution in [0.4, 0.5) is 0 Å². The van der Waals surface area contributed by atoms with Crippen LogP contribution in [0.25, 0.3) is 17.7 Å². The summed E-state index contributed by atoms with van der Waals surface area (Å²) >= 11 is 0. The van der Waals surface area contributed by atoms with E-state index in [0.29, 0.717) is 0 Å². The molecule has 0 aromatic heterocycles. The summed E-state index contributed by atoms with van der Waals surface area (Å²) in [5.41, 5.74) is 5.77. The van der Waals surface area contributed by atoms with Crippen LogP contribution in [0.15, 0.2) is 90.5 Å². The summed E-state index contributed by atoms with van der Waals surface area (Å²) in [6, 6.07) is 27.7. The van der Waals surface area contributed by atoms with Crippen LogP contribution in [-0.2, 0) is 0 Å². The third-order valence-electron chi connectivity index (χ3n) is 4.23. The number of ketones is 1. The zero-order valence-electron chi connectivity index (χ0n) is 13.1. The number of hydrogen-bond donors (Lipinski definition) is 0. The Labute approximate surface area is 141 Å². The molecule has 1 aliphatic rings. The summed E-state index contributed by atoms with van der Waals surface area (Å²) in [6.45, 7) is 0. The lowest BCUT2D eigenvalue weighted by molar-refractivity contribution is 0.104. The Bertz CT molecular complexity index is 948. The van der Waals surface area contributed by atoms with Crippen molar-refractivity contribution in [2.24, 2.45) is 0 Å². The first-order chi connectivity index (χ1) is 11.8. The van der Waals surface area contributed by atoms with Crippen molar-refractivity contribution >= 4 is 23.5 Å². The minimum atomic E-state index is 0.0639. The van der Waals surface area contributed by atoms with Crippen LogP contribution in [0.5, 0.6) is 0 Å². The molecule has 0 saturated carbocycles. The van der Waals surface area contributed by atoms with Crippen molar-refractivity contribution in [2.45, 2.75) is 0 Å². The van der Waals surface area contributed by atoms with E-state index in [2.05, 4.69) is 30.3 Å². The van der Waals surface area contributed by atoms with Crippen LogP contribution in [-0.4, -0.2) is 5.78 Å². The van der Waals surface area contributed by atoms with E-state index in [4.69, 9.17) is 0 Å². The third kappa shape index (κ3) is 2.61. The molecule has 0 aliphatic heterocycles. The summed E-state index contributed by atoms with van der Waals surface area (Å²) in [5, 5.41) is 0. The number of allylic oxidation sites excluding steroid dienone is 2. The molecular weight excluding hydrogens is 292 g/mol. The van der Waals surface area contributed by atoms with E-state index in [1.807, 2.05) is 66.7 Å². The highest BCUT2D eigenvalue weighted by atomic mass is 16.1. The zero-order valence-corrected chi connectivity index (χ0v) is 13.1. The normalized spacial score (nSPS) is 14.3. The summed E-state index contributed by atoms with van der Waals surface area (Å²) in [5.74, 6) is 0.0639. The van der Waals surface area contributed by atoms with E-state index < -0.39 is 0 Å². The molecule has 3 aromatic carbocycles. The van der Waals surface area contributed by atoms with Gasteiger partial charge in [-0.15, -0.1) is 0 Å². The lowest BCUT2D eigenvalue weighted by Crippen LogP contribution is -2.02. The molecule has 0 N–H and O–H groups in total. The van der Waals surface area contributed by atoms with Crippen LogP contribution in [0.2, 0.25) is 0 Å². The molecule has 0 atom stereocenters. The monoisotopic (exact) mass is 308 g/mol. The second-order valence-corrected chi connectivity index (χ2v) is 5.81. The maximum atomic E-state index is 13.0. The first-order valence-corrected chi connectivity index (χ1v) is 8.01. The molecular formula is C23H16O. The Balaban J connectivity index is 1.84. The van der Waals surface area contributed by atoms with Gasteiger partial charge in [-0.3, -0.25) is 4.79 Å². The SMILES string of the molecule is O=C(C1=Cc2ccccc2C1=Cc1ccccc1)c1ccccc1. The van der Waals surface area contributed by atoms with Crippen LogP contribution >= 0.6 is 0 Å². The zero-order chi connectivity index (χ0) is 16.4. The van der Waals surface area contributed by atoms with Gasteiger partial charge in [0.1, 0.15) is 0 Å². The molecule has 0 bridgehead atoms. The van der Waals surface area contributed by atoms with E-state index in [0.717, 1.165) is 33.4 Å². The third-order valence-corrected chi connectivity index (χ3v) is 4.23. The molecule has 24 heavy (non-hydrogen) atoms. The molecule has 0 spiro atoms. The molecule has 3 aromatic rings. The van der Waals surface area contributed by atoms with E-state index in [1.165, 1.54) is 0 Å². The van der Waals surface area contributed by atoms with Gasteiger partial charge in [-0.05, 0) is 34.4 Å². The van der Waals surface area contributed by atoms with Crippen molar-refractivity contribution in [3.8, 4) is 0 Å². The minimum absolute atomic E-state index is 0.0639.